The van der Waals surface area contributed by atoms with Crippen LogP contribution in [0.2, 0.25) is 0 Å². The van der Waals surface area contributed by atoms with Crippen molar-refractivity contribution in [1.29, 1.82) is 0 Å². The molecule has 2 fully saturated rings. The van der Waals surface area contributed by atoms with Gasteiger partial charge in [-0.3, -0.25) is 9.59 Å². The molecule has 4 nitrogen and oxygen atoms in total. The maximum atomic E-state index is 11.4. The summed E-state index contributed by atoms with van der Waals surface area (Å²) >= 11 is 0. The van der Waals surface area contributed by atoms with Crippen molar-refractivity contribution in [3.05, 3.63) is 0 Å². The summed E-state index contributed by atoms with van der Waals surface area (Å²) in [5.41, 5.74) is -0.835. The lowest BCUT2D eigenvalue weighted by atomic mass is 9.78. The molecule has 0 amide bonds. The minimum atomic E-state index is -0.835. The minimum absolute atomic E-state index is 0.0428. The number of carbonyl (C=O) groups is 2. The first kappa shape index (κ1) is 7.73. The second kappa shape index (κ2) is 2.55. The molecule has 0 aromatic carbocycles. The van der Waals surface area contributed by atoms with Crippen LogP contribution in [0.5, 0.6) is 0 Å². The van der Waals surface area contributed by atoms with Crippen LogP contribution < -0.4 is 0 Å². The second-order valence-corrected chi connectivity index (χ2v) is 3.19. The van der Waals surface area contributed by atoms with E-state index < -0.39 is 5.41 Å². The van der Waals surface area contributed by atoms with Crippen molar-refractivity contribution in [2.75, 3.05) is 19.8 Å². The van der Waals surface area contributed by atoms with Gasteiger partial charge in [0.25, 0.3) is 0 Å². The first-order valence-corrected chi connectivity index (χ1v) is 4.04. The van der Waals surface area contributed by atoms with Crippen LogP contribution in [-0.2, 0) is 19.1 Å². The van der Waals surface area contributed by atoms with Crippen LogP contribution in [0.1, 0.15) is 12.8 Å². The van der Waals surface area contributed by atoms with Crippen molar-refractivity contribution in [2.24, 2.45) is 5.41 Å². The molecule has 2 rings (SSSR count). The Hall–Kier alpha value is -0.900. The first-order chi connectivity index (χ1) is 5.76. The van der Waals surface area contributed by atoms with E-state index in [1.807, 2.05) is 0 Å². The molecule has 0 unspecified atom stereocenters. The number of rotatable bonds is 0. The summed E-state index contributed by atoms with van der Waals surface area (Å²) in [6.45, 7) is 0.931. The van der Waals surface area contributed by atoms with E-state index in [0.717, 1.165) is 0 Å². The number of cyclic esters (lactones) is 1. The molecule has 0 N–H and O–H groups in total. The third-order valence-electron chi connectivity index (χ3n) is 2.61. The van der Waals surface area contributed by atoms with Crippen LogP contribution in [0.15, 0.2) is 0 Å². The topological polar surface area (TPSA) is 52.6 Å². The Kier molecular flexibility index (Phi) is 1.65. The maximum Gasteiger partial charge on any atom is 0.320 e. The van der Waals surface area contributed by atoms with Crippen molar-refractivity contribution in [3.8, 4) is 0 Å². The molecule has 0 aliphatic carbocycles. The standard InChI is InChI=1S/C8H10O4/c9-6-5-12-7(10)8(6)1-3-11-4-2-8/h1-5H2. The number of ether oxygens (including phenoxy) is 2. The summed E-state index contributed by atoms with van der Waals surface area (Å²) in [4.78, 5) is 22.6. The van der Waals surface area contributed by atoms with Crippen LogP contribution in [0.25, 0.3) is 0 Å². The van der Waals surface area contributed by atoms with E-state index in [2.05, 4.69) is 0 Å². The first-order valence-electron chi connectivity index (χ1n) is 4.04. The van der Waals surface area contributed by atoms with Gasteiger partial charge in [0.15, 0.2) is 12.4 Å². The predicted molar refractivity (Wildman–Crippen MR) is 38.5 cm³/mol. The molecule has 2 heterocycles. The average molecular weight is 170 g/mol. The molecule has 2 aliphatic heterocycles. The Morgan fingerprint density at radius 1 is 1.17 bits per heavy atom. The molecule has 0 aromatic heterocycles. The summed E-state index contributed by atoms with van der Waals surface area (Å²) in [5.74, 6) is -0.424. The lowest BCUT2D eigenvalue weighted by Gasteiger charge is -2.26. The SMILES string of the molecule is O=C1COC(=O)C12CCOCC2. The fraction of sp³-hybridized carbons (Fsp3) is 0.750. The van der Waals surface area contributed by atoms with Gasteiger partial charge in [0.05, 0.1) is 0 Å². The molecule has 4 heteroatoms. The van der Waals surface area contributed by atoms with Gasteiger partial charge in [0, 0.05) is 13.2 Å². The third-order valence-corrected chi connectivity index (χ3v) is 2.61. The molecular formula is C8H10O4. The Balaban J connectivity index is 2.26. The number of carbonyl (C=O) groups excluding carboxylic acids is 2. The second-order valence-electron chi connectivity index (χ2n) is 3.19. The highest BCUT2D eigenvalue weighted by Gasteiger charge is 2.52. The molecule has 2 saturated heterocycles. The minimum Gasteiger partial charge on any atom is -0.457 e. The summed E-state index contributed by atoms with van der Waals surface area (Å²) in [6.07, 6.45) is 0.981. The van der Waals surface area contributed by atoms with Crippen LogP contribution in [0, 0.1) is 5.41 Å². The zero-order valence-electron chi connectivity index (χ0n) is 6.67. The normalized spacial score (nSPS) is 27.7. The molecule has 12 heavy (non-hydrogen) atoms. The van der Waals surface area contributed by atoms with E-state index >= 15 is 0 Å². The van der Waals surface area contributed by atoms with Crippen LogP contribution in [0.3, 0.4) is 0 Å². The van der Waals surface area contributed by atoms with Gasteiger partial charge in [-0.15, -0.1) is 0 Å². The molecular weight excluding hydrogens is 160 g/mol. The molecule has 2 aliphatic rings. The van der Waals surface area contributed by atoms with Gasteiger partial charge in [-0.05, 0) is 12.8 Å². The Morgan fingerprint density at radius 2 is 1.83 bits per heavy atom. The van der Waals surface area contributed by atoms with Crippen molar-refractivity contribution < 1.29 is 19.1 Å². The van der Waals surface area contributed by atoms with Crippen molar-refractivity contribution in [3.63, 3.8) is 0 Å². The summed E-state index contributed by atoms with van der Waals surface area (Å²) < 4.78 is 9.81. The number of hydrogen-bond acceptors (Lipinski definition) is 4. The lowest BCUT2D eigenvalue weighted by molar-refractivity contribution is -0.151. The Morgan fingerprint density at radius 3 is 2.33 bits per heavy atom. The van der Waals surface area contributed by atoms with Crippen molar-refractivity contribution in [1.82, 2.24) is 0 Å². The Labute approximate surface area is 69.8 Å². The highest BCUT2D eigenvalue weighted by atomic mass is 16.5. The van der Waals surface area contributed by atoms with Gasteiger partial charge in [0.2, 0.25) is 0 Å². The van der Waals surface area contributed by atoms with Crippen molar-refractivity contribution >= 4 is 11.8 Å². The van der Waals surface area contributed by atoms with E-state index in [1.54, 1.807) is 0 Å². The molecule has 0 radical (unpaired) electrons. The van der Waals surface area contributed by atoms with Gasteiger partial charge < -0.3 is 9.47 Å². The van der Waals surface area contributed by atoms with Crippen LogP contribution in [0.4, 0.5) is 0 Å². The smallest absolute Gasteiger partial charge is 0.320 e. The maximum absolute atomic E-state index is 11.4. The fourth-order valence-corrected chi connectivity index (χ4v) is 1.72. The fourth-order valence-electron chi connectivity index (χ4n) is 1.72. The summed E-state index contributed by atoms with van der Waals surface area (Å²) in [6, 6.07) is 0. The highest BCUT2D eigenvalue weighted by Crippen LogP contribution is 2.36. The average Bonchev–Trinajstić information content (AvgIpc) is 2.36. The number of Topliss-reactive ketones (excluding diaryl/α,β-unsaturated/α-hetero) is 1. The van der Waals surface area contributed by atoms with Crippen LogP contribution >= 0.6 is 0 Å². The predicted octanol–water partition coefficient (Wildman–Crippen LogP) is -0.0909. The number of hydrogen-bond donors (Lipinski definition) is 0. The van der Waals surface area contributed by atoms with E-state index in [-0.39, 0.29) is 18.4 Å². The van der Waals surface area contributed by atoms with Gasteiger partial charge in [-0.25, -0.2) is 0 Å². The highest BCUT2D eigenvalue weighted by molar-refractivity contribution is 6.09. The molecule has 0 aromatic rings. The lowest BCUT2D eigenvalue weighted by Crippen LogP contribution is -2.39. The van der Waals surface area contributed by atoms with E-state index in [0.29, 0.717) is 26.1 Å². The van der Waals surface area contributed by atoms with Gasteiger partial charge in [0.1, 0.15) is 5.41 Å². The Bertz CT molecular complexity index is 209. The molecule has 66 valence electrons. The van der Waals surface area contributed by atoms with E-state index in [4.69, 9.17) is 9.47 Å². The number of ketones is 1. The summed E-state index contributed by atoms with van der Waals surface area (Å²) in [7, 11) is 0. The molecule has 0 bridgehead atoms. The summed E-state index contributed by atoms with van der Waals surface area (Å²) in [5, 5.41) is 0. The zero-order chi connectivity index (χ0) is 8.60. The number of esters is 1. The van der Waals surface area contributed by atoms with Gasteiger partial charge in [-0.2, -0.15) is 0 Å². The monoisotopic (exact) mass is 170 g/mol. The van der Waals surface area contributed by atoms with Gasteiger partial charge in [-0.1, -0.05) is 0 Å². The molecule has 1 spiro atoms. The quantitative estimate of drug-likeness (QED) is 0.376. The van der Waals surface area contributed by atoms with E-state index in [1.165, 1.54) is 0 Å². The van der Waals surface area contributed by atoms with Crippen molar-refractivity contribution in [2.45, 2.75) is 12.8 Å². The molecule has 0 atom stereocenters. The zero-order valence-corrected chi connectivity index (χ0v) is 6.67. The van der Waals surface area contributed by atoms with Crippen LogP contribution in [-0.4, -0.2) is 31.6 Å². The van der Waals surface area contributed by atoms with E-state index in [9.17, 15) is 9.59 Å². The molecule has 0 saturated carbocycles. The van der Waals surface area contributed by atoms with Gasteiger partial charge >= 0.3 is 5.97 Å². The largest absolute Gasteiger partial charge is 0.457 e. The third kappa shape index (κ3) is 0.876.